The van der Waals surface area contributed by atoms with E-state index < -0.39 is 5.60 Å². The van der Waals surface area contributed by atoms with E-state index in [9.17, 15) is 9.59 Å². The van der Waals surface area contributed by atoms with Gasteiger partial charge < -0.3 is 14.4 Å². The molecule has 14 heavy (non-hydrogen) atoms. The van der Waals surface area contributed by atoms with E-state index >= 15 is 0 Å². The van der Waals surface area contributed by atoms with Gasteiger partial charge in [-0.1, -0.05) is 0 Å². The third kappa shape index (κ3) is 5.56. The minimum atomic E-state index is -0.480. The van der Waals surface area contributed by atoms with Crippen LogP contribution in [0.15, 0.2) is 0 Å². The first-order valence-electron chi connectivity index (χ1n) is 4.82. The molecule has 4 heteroatoms. The van der Waals surface area contributed by atoms with Gasteiger partial charge >= 0.3 is 6.09 Å². The van der Waals surface area contributed by atoms with E-state index in [-0.39, 0.29) is 6.09 Å². The summed E-state index contributed by atoms with van der Waals surface area (Å²) in [4.78, 5) is 23.2. The molecule has 0 rings (SSSR count). The number of ether oxygens (including phenoxy) is 1. The molecule has 0 unspecified atom stereocenters. The van der Waals surface area contributed by atoms with E-state index in [1.807, 2.05) is 27.7 Å². The average molecular weight is 201 g/mol. The van der Waals surface area contributed by atoms with Crippen molar-refractivity contribution in [2.75, 3.05) is 13.1 Å². The van der Waals surface area contributed by atoms with Crippen LogP contribution in [0.1, 0.15) is 34.1 Å². The number of rotatable bonds is 4. The van der Waals surface area contributed by atoms with Crippen molar-refractivity contribution >= 4 is 12.4 Å². The molecule has 0 heterocycles. The molecular weight excluding hydrogens is 182 g/mol. The number of amides is 1. The average Bonchev–Trinajstić information content (AvgIpc) is 2.02. The van der Waals surface area contributed by atoms with Crippen molar-refractivity contribution in [2.24, 2.45) is 0 Å². The Bertz CT molecular complexity index is 196. The number of hydrogen-bond donors (Lipinski definition) is 0. The Kier molecular flexibility index (Phi) is 5.20. The van der Waals surface area contributed by atoms with Gasteiger partial charge in [0.2, 0.25) is 0 Å². The van der Waals surface area contributed by atoms with E-state index in [1.165, 1.54) is 4.90 Å². The number of aldehydes is 1. The van der Waals surface area contributed by atoms with Crippen LogP contribution in [0.5, 0.6) is 0 Å². The van der Waals surface area contributed by atoms with Crippen molar-refractivity contribution in [3.8, 4) is 0 Å². The molecule has 82 valence electrons. The summed E-state index contributed by atoms with van der Waals surface area (Å²) in [7, 11) is 0. The molecule has 0 aliphatic carbocycles. The Balaban J connectivity index is 4.10. The van der Waals surface area contributed by atoms with Gasteiger partial charge in [-0.05, 0) is 27.7 Å². The predicted molar refractivity (Wildman–Crippen MR) is 54.2 cm³/mol. The maximum atomic E-state index is 11.5. The maximum absolute atomic E-state index is 11.5. The predicted octanol–water partition coefficient (Wildman–Crippen LogP) is 1.83. The minimum absolute atomic E-state index is 0.354. The minimum Gasteiger partial charge on any atom is -0.444 e. The molecule has 0 aliphatic heterocycles. The third-order valence-electron chi connectivity index (χ3n) is 1.55. The smallest absolute Gasteiger partial charge is 0.410 e. The SMILES string of the molecule is CCN(CCC=O)C(=O)OC(C)(C)C. The monoisotopic (exact) mass is 201 g/mol. The van der Waals surface area contributed by atoms with E-state index in [0.29, 0.717) is 19.5 Å². The maximum Gasteiger partial charge on any atom is 0.410 e. The highest BCUT2D eigenvalue weighted by atomic mass is 16.6. The van der Waals surface area contributed by atoms with Crippen LogP contribution in [-0.2, 0) is 9.53 Å². The quantitative estimate of drug-likeness (QED) is 0.652. The number of nitrogens with zero attached hydrogens (tertiary/aromatic N) is 1. The first-order valence-corrected chi connectivity index (χ1v) is 4.82. The van der Waals surface area contributed by atoms with Gasteiger partial charge in [0, 0.05) is 19.5 Å². The number of carbonyl (C=O) groups is 2. The number of carbonyl (C=O) groups excluding carboxylic acids is 2. The van der Waals surface area contributed by atoms with E-state index in [4.69, 9.17) is 4.74 Å². The molecule has 4 nitrogen and oxygen atoms in total. The highest BCUT2D eigenvalue weighted by Gasteiger charge is 2.20. The zero-order valence-electron chi connectivity index (χ0n) is 9.37. The Morgan fingerprint density at radius 2 is 2.00 bits per heavy atom. The lowest BCUT2D eigenvalue weighted by atomic mass is 10.2. The van der Waals surface area contributed by atoms with Crippen molar-refractivity contribution in [1.82, 2.24) is 4.90 Å². The van der Waals surface area contributed by atoms with Crippen molar-refractivity contribution in [3.63, 3.8) is 0 Å². The molecule has 1 amide bonds. The summed E-state index contributed by atoms with van der Waals surface area (Å²) in [5.74, 6) is 0. The summed E-state index contributed by atoms with van der Waals surface area (Å²) in [6, 6.07) is 0. The van der Waals surface area contributed by atoms with Crippen LogP contribution in [-0.4, -0.2) is 36.0 Å². The van der Waals surface area contributed by atoms with Crippen LogP contribution in [0.2, 0.25) is 0 Å². The standard InChI is InChI=1S/C10H19NO3/c1-5-11(7-6-8-12)9(13)14-10(2,3)4/h8H,5-7H2,1-4H3. The van der Waals surface area contributed by atoms with Crippen molar-refractivity contribution in [2.45, 2.75) is 39.7 Å². The normalized spacial score (nSPS) is 10.9. The van der Waals surface area contributed by atoms with Gasteiger partial charge in [-0.2, -0.15) is 0 Å². The molecule has 0 N–H and O–H groups in total. The van der Waals surface area contributed by atoms with Crippen molar-refractivity contribution in [3.05, 3.63) is 0 Å². The van der Waals surface area contributed by atoms with Crippen molar-refractivity contribution in [1.29, 1.82) is 0 Å². The molecular formula is C10H19NO3. The lowest BCUT2D eigenvalue weighted by Gasteiger charge is -2.25. The van der Waals surface area contributed by atoms with Crippen LogP contribution < -0.4 is 0 Å². The van der Waals surface area contributed by atoms with Gasteiger partial charge in [-0.15, -0.1) is 0 Å². The fourth-order valence-electron chi connectivity index (χ4n) is 0.914. The fourth-order valence-corrected chi connectivity index (χ4v) is 0.914. The Morgan fingerprint density at radius 3 is 2.36 bits per heavy atom. The molecule has 0 aromatic heterocycles. The summed E-state index contributed by atoms with van der Waals surface area (Å²) in [6.07, 6.45) is 0.793. The van der Waals surface area contributed by atoms with Gasteiger partial charge in [0.15, 0.2) is 0 Å². The zero-order chi connectivity index (χ0) is 11.2. The zero-order valence-corrected chi connectivity index (χ0v) is 9.37. The largest absolute Gasteiger partial charge is 0.444 e. The topological polar surface area (TPSA) is 46.6 Å². The third-order valence-corrected chi connectivity index (χ3v) is 1.55. The summed E-state index contributed by atoms with van der Waals surface area (Å²) in [5, 5.41) is 0. The molecule has 0 aromatic carbocycles. The van der Waals surface area contributed by atoms with E-state index in [2.05, 4.69) is 0 Å². The van der Waals surface area contributed by atoms with Gasteiger partial charge in [0.1, 0.15) is 11.9 Å². The molecule has 0 saturated carbocycles. The van der Waals surface area contributed by atoms with E-state index in [1.54, 1.807) is 0 Å². The second-order valence-corrected chi connectivity index (χ2v) is 4.02. The van der Waals surface area contributed by atoms with Crippen LogP contribution in [0.3, 0.4) is 0 Å². The molecule has 0 saturated heterocycles. The van der Waals surface area contributed by atoms with Gasteiger partial charge in [-0.25, -0.2) is 4.79 Å². The molecule has 0 aromatic rings. The second kappa shape index (κ2) is 5.62. The molecule has 0 spiro atoms. The summed E-state index contributed by atoms with van der Waals surface area (Å²) in [6.45, 7) is 8.29. The van der Waals surface area contributed by atoms with Crippen LogP contribution in [0.25, 0.3) is 0 Å². The summed E-state index contributed by atoms with van der Waals surface area (Å²) in [5.41, 5.74) is -0.480. The summed E-state index contributed by atoms with van der Waals surface area (Å²) < 4.78 is 5.16. The Labute approximate surface area is 85.2 Å². The Morgan fingerprint density at radius 1 is 1.43 bits per heavy atom. The van der Waals surface area contributed by atoms with Gasteiger partial charge in [0.25, 0.3) is 0 Å². The van der Waals surface area contributed by atoms with Crippen LogP contribution >= 0.6 is 0 Å². The Hall–Kier alpha value is -1.06. The first-order chi connectivity index (χ1) is 6.40. The molecule has 0 bridgehead atoms. The van der Waals surface area contributed by atoms with Crippen molar-refractivity contribution < 1.29 is 14.3 Å². The lowest BCUT2D eigenvalue weighted by molar-refractivity contribution is -0.108. The highest BCUT2D eigenvalue weighted by molar-refractivity contribution is 5.68. The highest BCUT2D eigenvalue weighted by Crippen LogP contribution is 2.09. The first kappa shape index (κ1) is 12.9. The van der Waals surface area contributed by atoms with Gasteiger partial charge in [-0.3, -0.25) is 0 Å². The number of hydrogen-bond acceptors (Lipinski definition) is 3. The molecule has 0 fully saturated rings. The fraction of sp³-hybridized carbons (Fsp3) is 0.800. The van der Waals surface area contributed by atoms with Gasteiger partial charge in [0.05, 0.1) is 0 Å². The van der Waals surface area contributed by atoms with Crippen LogP contribution in [0, 0.1) is 0 Å². The molecule has 0 radical (unpaired) electrons. The lowest BCUT2D eigenvalue weighted by Crippen LogP contribution is -2.37. The van der Waals surface area contributed by atoms with Crippen LogP contribution in [0.4, 0.5) is 4.79 Å². The summed E-state index contributed by atoms with van der Waals surface area (Å²) >= 11 is 0. The molecule has 0 aliphatic rings. The van der Waals surface area contributed by atoms with E-state index in [0.717, 1.165) is 6.29 Å². The second-order valence-electron chi connectivity index (χ2n) is 4.02. The molecule has 0 atom stereocenters.